The molecule has 0 aromatic carbocycles. The van der Waals surface area contributed by atoms with Gasteiger partial charge in [0.25, 0.3) is 0 Å². The number of hydrogen-bond donors (Lipinski definition) is 2. The van der Waals surface area contributed by atoms with Crippen LogP contribution in [0.1, 0.15) is 20.3 Å². The fraction of sp³-hybridized carbons (Fsp3) is 0.900. The summed E-state index contributed by atoms with van der Waals surface area (Å²) in [6, 6.07) is 0.392. The minimum atomic E-state index is -0.232. The third kappa shape index (κ3) is 3.64. The van der Waals surface area contributed by atoms with Crippen LogP contribution in [-0.2, 0) is 4.79 Å². The number of hydrogen-bond acceptors (Lipinski definition) is 3. The maximum Gasteiger partial charge on any atom is 0.231 e. The number of nitrogens with one attached hydrogen (secondary N) is 1. The molecule has 14 heavy (non-hydrogen) atoms. The third-order valence-corrected chi connectivity index (χ3v) is 2.74. The summed E-state index contributed by atoms with van der Waals surface area (Å²) in [4.78, 5) is 13.0. The fourth-order valence-electron chi connectivity index (χ4n) is 1.86. The molecule has 1 rings (SSSR count). The highest BCUT2D eigenvalue weighted by molar-refractivity contribution is 5.75. The lowest BCUT2D eigenvalue weighted by atomic mass is 10.1. The Hall–Kier alpha value is -0.610. The number of amides is 1. The zero-order valence-electron chi connectivity index (χ0n) is 9.12. The van der Waals surface area contributed by atoms with Gasteiger partial charge in [-0.2, -0.15) is 0 Å². The number of nitrogens with zero attached hydrogens (tertiary/aromatic N) is 1. The Morgan fingerprint density at radius 3 is 2.79 bits per heavy atom. The topological polar surface area (TPSA) is 58.4 Å². The second-order valence-corrected chi connectivity index (χ2v) is 4.35. The van der Waals surface area contributed by atoms with Gasteiger partial charge in [0.15, 0.2) is 0 Å². The molecule has 0 radical (unpaired) electrons. The van der Waals surface area contributed by atoms with Crippen molar-refractivity contribution in [2.24, 2.45) is 11.7 Å². The summed E-state index contributed by atoms with van der Waals surface area (Å²) < 4.78 is 0. The zero-order chi connectivity index (χ0) is 10.6. The van der Waals surface area contributed by atoms with E-state index >= 15 is 0 Å². The van der Waals surface area contributed by atoms with Crippen LogP contribution in [-0.4, -0.2) is 43.0 Å². The number of carbonyl (C=O) groups excluding carboxylic acids is 1. The first-order chi connectivity index (χ1) is 6.59. The molecule has 0 aromatic heterocycles. The van der Waals surface area contributed by atoms with Crippen molar-refractivity contribution in [1.29, 1.82) is 0 Å². The first-order valence-corrected chi connectivity index (χ1v) is 5.32. The van der Waals surface area contributed by atoms with Gasteiger partial charge in [0.1, 0.15) is 0 Å². The molecule has 0 aromatic rings. The standard InChI is InChI=1S/C10H21N3O/c1-8(2)13(7-10(11)14)6-9-3-4-12-5-9/h8-9,12H,3-7H2,1-2H3,(H2,11,14). The fourth-order valence-corrected chi connectivity index (χ4v) is 1.86. The Bertz CT molecular complexity index is 188. The van der Waals surface area contributed by atoms with Crippen LogP contribution < -0.4 is 11.1 Å². The summed E-state index contributed by atoms with van der Waals surface area (Å²) in [5.74, 6) is 0.446. The van der Waals surface area contributed by atoms with Crippen molar-refractivity contribution < 1.29 is 4.79 Å². The molecular formula is C10H21N3O. The average molecular weight is 199 g/mol. The largest absolute Gasteiger partial charge is 0.369 e. The smallest absolute Gasteiger partial charge is 0.231 e. The van der Waals surface area contributed by atoms with Crippen molar-refractivity contribution in [3.05, 3.63) is 0 Å². The van der Waals surface area contributed by atoms with Gasteiger partial charge in [0.2, 0.25) is 5.91 Å². The molecule has 82 valence electrons. The van der Waals surface area contributed by atoms with E-state index in [0.717, 1.165) is 19.6 Å². The van der Waals surface area contributed by atoms with Crippen molar-refractivity contribution in [2.75, 3.05) is 26.2 Å². The van der Waals surface area contributed by atoms with Gasteiger partial charge < -0.3 is 11.1 Å². The molecule has 0 aliphatic carbocycles. The predicted octanol–water partition coefficient (Wildman–Crippen LogP) is -0.208. The normalized spacial score (nSPS) is 22.1. The van der Waals surface area contributed by atoms with Gasteiger partial charge in [0.05, 0.1) is 6.54 Å². The Morgan fingerprint density at radius 1 is 1.64 bits per heavy atom. The Kier molecular flexibility index (Phi) is 4.35. The van der Waals surface area contributed by atoms with Gasteiger partial charge in [0, 0.05) is 12.6 Å². The lowest BCUT2D eigenvalue weighted by Gasteiger charge is -2.27. The molecule has 1 atom stereocenters. The minimum Gasteiger partial charge on any atom is -0.369 e. The summed E-state index contributed by atoms with van der Waals surface area (Å²) in [6.07, 6.45) is 1.21. The predicted molar refractivity (Wildman–Crippen MR) is 56.9 cm³/mol. The molecule has 3 N–H and O–H groups in total. The number of rotatable bonds is 5. The van der Waals surface area contributed by atoms with Gasteiger partial charge in [-0.1, -0.05) is 0 Å². The van der Waals surface area contributed by atoms with E-state index in [-0.39, 0.29) is 5.91 Å². The van der Waals surface area contributed by atoms with E-state index in [4.69, 9.17) is 5.73 Å². The monoisotopic (exact) mass is 199 g/mol. The SMILES string of the molecule is CC(C)N(CC(N)=O)CC1CCNC1. The van der Waals surface area contributed by atoms with Crippen LogP contribution in [0, 0.1) is 5.92 Å². The van der Waals surface area contributed by atoms with Crippen molar-refractivity contribution in [3.63, 3.8) is 0 Å². The molecule has 1 amide bonds. The van der Waals surface area contributed by atoms with Crippen LogP contribution in [0.4, 0.5) is 0 Å². The molecular weight excluding hydrogens is 178 g/mol. The van der Waals surface area contributed by atoms with E-state index in [1.54, 1.807) is 0 Å². The Balaban J connectivity index is 2.37. The number of carbonyl (C=O) groups is 1. The Morgan fingerprint density at radius 2 is 2.36 bits per heavy atom. The van der Waals surface area contributed by atoms with Crippen LogP contribution in [0.5, 0.6) is 0 Å². The van der Waals surface area contributed by atoms with Crippen molar-refractivity contribution in [2.45, 2.75) is 26.3 Å². The zero-order valence-corrected chi connectivity index (χ0v) is 9.12. The van der Waals surface area contributed by atoms with E-state index < -0.39 is 0 Å². The number of nitrogens with two attached hydrogens (primary N) is 1. The first-order valence-electron chi connectivity index (χ1n) is 5.32. The van der Waals surface area contributed by atoms with Gasteiger partial charge in [-0.05, 0) is 39.3 Å². The van der Waals surface area contributed by atoms with Gasteiger partial charge in [-0.25, -0.2) is 0 Å². The molecule has 4 nitrogen and oxygen atoms in total. The summed E-state index contributed by atoms with van der Waals surface area (Å²) in [6.45, 7) is 7.74. The van der Waals surface area contributed by atoms with Gasteiger partial charge in [-0.3, -0.25) is 9.69 Å². The van der Waals surface area contributed by atoms with E-state index in [9.17, 15) is 4.79 Å². The lowest BCUT2D eigenvalue weighted by molar-refractivity contribution is -0.119. The minimum absolute atomic E-state index is 0.232. The average Bonchev–Trinajstić information content (AvgIpc) is 2.54. The third-order valence-electron chi connectivity index (χ3n) is 2.74. The molecule has 1 heterocycles. The second kappa shape index (κ2) is 5.32. The first kappa shape index (κ1) is 11.5. The van der Waals surface area contributed by atoms with Crippen molar-refractivity contribution in [1.82, 2.24) is 10.2 Å². The molecule has 0 saturated carbocycles. The van der Waals surface area contributed by atoms with Crippen LogP contribution >= 0.6 is 0 Å². The summed E-state index contributed by atoms with van der Waals surface area (Å²) in [5, 5.41) is 3.33. The van der Waals surface area contributed by atoms with E-state index in [0.29, 0.717) is 18.5 Å². The van der Waals surface area contributed by atoms with E-state index in [1.165, 1.54) is 6.42 Å². The molecule has 1 aliphatic heterocycles. The van der Waals surface area contributed by atoms with Crippen LogP contribution in [0.25, 0.3) is 0 Å². The Labute approximate surface area is 85.8 Å². The summed E-state index contributed by atoms with van der Waals surface area (Å²) >= 11 is 0. The van der Waals surface area contributed by atoms with Crippen LogP contribution in [0.15, 0.2) is 0 Å². The molecule has 1 unspecified atom stereocenters. The van der Waals surface area contributed by atoms with E-state index in [2.05, 4.69) is 24.1 Å². The highest BCUT2D eigenvalue weighted by atomic mass is 16.1. The highest BCUT2D eigenvalue weighted by Crippen LogP contribution is 2.11. The van der Waals surface area contributed by atoms with Crippen molar-refractivity contribution in [3.8, 4) is 0 Å². The lowest BCUT2D eigenvalue weighted by Crippen LogP contribution is -2.41. The molecule has 0 spiro atoms. The highest BCUT2D eigenvalue weighted by Gasteiger charge is 2.20. The van der Waals surface area contributed by atoms with Crippen molar-refractivity contribution >= 4 is 5.91 Å². The van der Waals surface area contributed by atoms with Crippen LogP contribution in [0.2, 0.25) is 0 Å². The maximum absolute atomic E-state index is 10.9. The summed E-state index contributed by atoms with van der Waals surface area (Å²) in [5.41, 5.74) is 5.21. The quantitative estimate of drug-likeness (QED) is 0.644. The molecule has 1 fully saturated rings. The maximum atomic E-state index is 10.9. The number of primary amides is 1. The van der Waals surface area contributed by atoms with Crippen LogP contribution in [0.3, 0.4) is 0 Å². The van der Waals surface area contributed by atoms with Gasteiger partial charge >= 0.3 is 0 Å². The molecule has 4 heteroatoms. The molecule has 1 aliphatic rings. The van der Waals surface area contributed by atoms with E-state index in [1.807, 2.05) is 0 Å². The molecule has 0 bridgehead atoms. The molecule has 1 saturated heterocycles. The second-order valence-electron chi connectivity index (χ2n) is 4.35. The summed E-state index contributed by atoms with van der Waals surface area (Å²) in [7, 11) is 0. The van der Waals surface area contributed by atoms with Gasteiger partial charge in [-0.15, -0.1) is 0 Å².